The van der Waals surface area contributed by atoms with E-state index in [2.05, 4.69) is 9.80 Å². The number of rotatable bonds is 3. The minimum absolute atomic E-state index is 0.305. The average molecular weight is 295 g/mol. The smallest absolute Gasteiger partial charge is 0.337 e. The summed E-state index contributed by atoms with van der Waals surface area (Å²) in [5, 5.41) is 9.81. The van der Waals surface area contributed by atoms with Gasteiger partial charge in [0.15, 0.2) is 0 Å². The summed E-state index contributed by atoms with van der Waals surface area (Å²) >= 11 is 5.91. The van der Waals surface area contributed by atoms with Crippen LogP contribution in [0.5, 0.6) is 0 Å². The molecule has 1 atom stereocenters. The van der Waals surface area contributed by atoms with E-state index in [1.165, 1.54) is 25.9 Å². The van der Waals surface area contributed by atoms with E-state index in [0.29, 0.717) is 16.6 Å². The number of benzene rings is 1. The summed E-state index contributed by atoms with van der Waals surface area (Å²) in [7, 11) is 0. The first-order chi connectivity index (χ1) is 9.65. The van der Waals surface area contributed by atoms with Gasteiger partial charge in [-0.05, 0) is 50.6 Å². The van der Waals surface area contributed by atoms with Gasteiger partial charge in [0.25, 0.3) is 0 Å². The van der Waals surface area contributed by atoms with Gasteiger partial charge in [0.1, 0.15) is 0 Å². The van der Waals surface area contributed by atoms with Crippen molar-refractivity contribution >= 4 is 23.3 Å². The average Bonchev–Trinajstić information content (AvgIpc) is 3.09. The van der Waals surface area contributed by atoms with Crippen molar-refractivity contribution in [3.8, 4) is 0 Å². The summed E-state index contributed by atoms with van der Waals surface area (Å²) in [6.45, 7) is 4.21. The predicted octanol–water partition coefficient (Wildman–Crippen LogP) is 2.71. The van der Waals surface area contributed by atoms with Crippen LogP contribution in [0.2, 0.25) is 5.02 Å². The molecule has 108 valence electrons. The zero-order valence-corrected chi connectivity index (χ0v) is 12.1. The van der Waals surface area contributed by atoms with Crippen LogP contribution in [0.3, 0.4) is 0 Å². The molecular weight excluding hydrogens is 276 g/mol. The zero-order valence-electron chi connectivity index (χ0n) is 11.4. The second-order valence-electron chi connectivity index (χ2n) is 5.60. The van der Waals surface area contributed by atoms with Gasteiger partial charge in [0.05, 0.1) is 11.3 Å². The standard InChI is InChI=1S/C15H19ClN2O2/c16-11-3-4-14(13(9-11)15(19)20)18-8-5-12(10-18)17-6-1-2-7-17/h3-4,9,12H,1-2,5-8,10H2,(H,19,20). The van der Waals surface area contributed by atoms with Gasteiger partial charge in [0.2, 0.25) is 0 Å². The topological polar surface area (TPSA) is 43.8 Å². The van der Waals surface area contributed by atoms with E-state index >= 15 is 0 Å². The summed E-state index contributed by atoms with van der Waals surface area (Å²) in [4.78, 5) is 16.1. The molecule has 0 bridgehead atoms. The Morgan fingerprint density at radius 3 is 2.70 bits per heavy atom. The molecule has 0 saturated carbocycles. The van der Waals surface area contributed by atoms with Crippen LogP contribution >= 0.6 is 11.6 Å². The molecule has 2 saturated heterocycles. The van der Waals surface area contributed by atoms with Gasteiger partial charge in [-0.25, -0.2) is 4.79 Å². The van der Waals surface area contributed by atoms with Gasteiger partial charge in [-0.2, -0.15) is 0 Å². The molecule has 0 amide bonds. The molecule has 0 aromatic heterocycles. The van der Waals surface area contributed by atoms with Gasteiger partial charge in [-0.15, -0.1) is 0 Å². The first-order valence-corrected chi connectivity index (χ1v) is 7.55. The van der Waals surface area contributed by atoms with Crippen LogP contribution in [0.15, 0.2) is 18.2 Å². The molecule has 0 radical (unpaired) electrons. The number of carboxylic acids is 1. The van der Waals surface area contributed by atoms with E-state index in [9.17, 15) is 9.90 Å². The molecule has 4 nitrogen and oxygen atoms in total. The first kappa shape index (κ1) is 13.7. The Balaban J connectivity index is 1.78. The van der Waals surface area contributed by atoms with E-state index in [1.54, 1.807) is 12.1 Å². The van der Waals surface area contributed by atoms with Gasteiger partial charge in [0, 0.05) is 24.2 Å². The molecule has 1 N–H and O–H groups in total. The summed E-state index contributed by atoms with van der Waals surface area (Å²) in [5.74, 6) is -0.910. The highest BCUT2D eigenvalue weighted by Gasteiger charge is 2.30. The lowest BCUT2D eigenvalue weighted by Gasteiger charge is -2.25. The Kier molecular flexibility index (Phi) is 3.85. The van der Waals surface area contributed by atoms with E-state index in [1.807, 2.05) is 6.07 Å². The number of hydrogen-bond acceptors (Lipinski definition) is 3. The molecule has 1 aromatic rings. The van der Waals surface area contributed by atoms with Gasteiger partial charge < -0.3 is 10.0 Å². The van der Waals surface area contributed by atoms with E-state index in [4.69, 9.17) is 11.6 Å². The monoisotopic (exact) mass is 294 g/mol. The highest BCUT2D eigenvalue weighted by molar-refractivity contribution is 6.31. The fraction of sp³-hybridized carbons (Fsp3) is 0.533. The number of carbonyl (C=O) groups is 1. The number of aromatic carboxylic acids is 1. The van der Waals surface area contributed by atoms with E-state index in [0.717, 1.165) is 25.2 Å². The lowest BCUT2D eigenvalue weighted by molar-refractivity contribution is 0.0697. The highest BCUT2D eigenvalue weighted by Crippen LogP contribution is 2.29. The van der Waals surface area contributed by atoms with Crippen molar-refractivity contribution in [3.63, 3.8) is 0 Å². The molecule has 0 spiro atoms. The Bertz CT molecular complexity index is 515. The number of halogens is 1. The third kappa shape index (κ3) is 2.63. The first-order valence-electron chi connectivity index (χ1n) is 7.17. The molecule has 1 aromatic carbocycles. The lowest BCUT2D eigenvalue weighted by Crippen LogP contribution is -2.35. The molecule has 2 aliphatic rings. The quantitative estimate of drug-likeness (QED) is 0.931. The number of anilines is 1. The van der Waals surface area contributed by atoms with Gasteiger partial charge in [-0.3, -0.25) is 4.90 Å². The van der Waals surface area contributed by atoms with E-state index < -0.39 is 5.97 Å². The molecule has 1 unspecified atom stereocenters. The minimum Gasteiger partial charge on any atom is -0.478 e. The maximum absolute atomic E-state index is 11.4. The second kappa shape index (κ2) is 5.62. The SMILES string of the molecule is O=C(O)c1cc(Cl)ccc1N1CCC(N2CCCC2)C1. The summed E-state index contributed by atoms with van der Waals surface area (Å²) in [5.41, 5.74) is 1.10. The van der Waals surface area contributed by atoms with Crippen molar-refractivity contribution in [2.45, 2.75) is 25.3 Å². The van der Waals surface area contributed by atoms with Gasteiger partial charge in [-0.1, -0.05) is 11.6 Å². The van der Waals surface area contributed by atoms with Crippen molar-refractivity contribution in [3.05, 3.63) is 28.8 Å². The molecule has 0 aliphatic carbocycles. The van der Waals surface area contributed by atoms with Crippen LogP contribution in [0.4, 0.5) is 5.69 Å². The molecule has 5 heteroatoms. The Hall–Kier alpha value is -1.26. The Morgan fingerprint density at radius 1 is 1.25 bits per heavy atom. The molecule has 2 fully saturated rings. The molecule has 20 heavy (non-hydrogen) atoms. The number of hydrogen-bond donors (Lipinski definition) is 1. The van der Waals surface area contributed by atoms with Crippen LogP contribution in [-0.4, -0.2) is 48.2 Å². The number of carboxylic acid groups (broad SMARTS) is 1. The normalized spacial score (nSPS) is 23.4. The third-order valence-electron chi connectivity index (χ3n) is 4.35. The fourth-order valence-corrected chi connectivity index (χ4v) is 3.49. The van der Waals surface area contributed by atoms with Crippen LogP contribution in [0.1, 0.15) is 29.6 Å². The predicted molar refractivity (Wildman–Crippen MR) is 79.8 cm³/mol. The van der Waals surface area contributed by atoms with E-state index in [-0.39, 0.29) is 0 Å². The molecule has 2 aliphatic heterocycles. The maximum Gasteiger partial charge on any atom is 0.337 e. The van der Waals surface area contributed by atoms with Crippen molar-refractivity contribution in [1.29, 1.82) is 0 Å². The van der Waals surface area contributed by atoms with Crippen molar-refractivity contribution in [2.75, 3.05) is 31.1 Å². The van der Waals surface area contributed by atoms with Crippen LogP contribution in [0, 0.1) is 0 Å². The number of nitrogens with zero attached hydrogens (tertiary/aromatic N) is 2. The molecule has 2 heterocycles. The Morgan fingerprint density at radius 2 is 2.00 bits per heavy atom. The highest BCUT2D eigenvalue weighted by atomic mass is 35.5. The largest absolute Gasteiger partial charge is 0.478 e. The van der Waals surface area contributed by atoms with Crippen LogP contribution < -0.4 is 4.90 Å². The Labute approximate surface area is 123 Å². The lowest BCUT2D eigenvalue weighted by atomic mass is 10.1. The number of likely N-dealkylation sites (tertiary alicyclic amines) is 1. The summed E-state index contributed by atoms with van der Waals surface area (Å²) < 4.78 is 0. The van der Waals surface area contributed by atoms with Crippen molar-refractivity contribution in [1.82, 2.24) is 4.90 Å². The third-order valence-corrected chi connectivity index (χ3v) is 4.59. The summed E-state index contributed by atoms with van der Waals surface area (Å²) in [6, 6.07) is 5.71. The summed E-state index contributed by atoms with van der Waals surface area (Å²) in [6.07, 6.45) is 3.69. The fourth-order valence-electron chi connectivity index (χ4n) is 3.32. The van der Waals surface area contributed by atoms with Gasteiger partial charge >= 0.3 is 5.97 Å². The van der Waals surface area contributed by atoms with Crippen molar-refractivity contribution in [2.24, 2.45) is 0 Å². The van der Waals surface area contributed by atoms with Crippen LogP contribution in [0.25, 0.3) is 0 Å². The second-order valence-corrected chi connectivity index (χ2v) is 6.03. The van der Waals surface area contributed by atoms with Crippen LogP contribution in [-0.2, 0) is 0 Å². The molecule has 3 rings (SSSR count). The molecular formula is C15H19ClN2O2. The minimum atomic E-state index is -0.910. The maximum atomic E-state index is 11.4. The zero-order chi connectivity index (χ0) is 14.1. The van der Waals surface area contributed by atoms with Crippen molar-refractivity contribution < 1.29 is 9.90 Å².